The summed E-state index contributed by atoms with van der Waals surface area (Å²) < 4.78 is 0. The van der Waals surface area contributed by atoms with E-state index in [9.17, 15) is 9.59 Å². The van der Waals surface area contributed by atoms with Crippen LogP contribution in [-0.4, -0.2) is 54.8 Å². The van der Waals surface area contributed by atoms with E-state index >= 15 is 0 Å². The van der Waals surface area contributed by atoms with Crippen LogP contribution in [0.4, 0.5) is 0 Å². The Hall–Kier alpha value is -1.88. The van der Waals surface area contributed by atoms with Gasteiger partial charge in [-0.1, -0.05) is 43.2 Å². The zero-order valence-electron chi connectivity index (χ0n) is 15.1. The van der Waals surface area contributed by atoms with E-state index in [2.05, 4.69) is 34.5 Å². The van der Waals surface area contributed by atoms with E-state index in [1.165, 1.54) is 31.2 Å². The molecule has 0 aromatic heterocycles. The van der Waals surface area contributed by atoms with E-state index in [-0.39, 0.29) is 23.8 Å². The van der Waals surface area contributed by atoms with E-state index in [0.717, 1.165) is 13.1 Å². The van der Waals surface area contributed by atoms with Gasteiger partial charge in [-0.05, 0) is 31.5 Å². The molecular formula is C20H29N3O2. The Labute approximate surface area is 150 Å². The van der Waals surface area contributed by atoms with Gasteiger partial charge in [0.15, 0.2) is 0 Å². The second-order valence-corrected chi connectivity index (χ2v) is 7.30. The Balaban J connectivity index is 1.65. The Morgan fingerprint density at radius 1 is 1.16 bits per heavy atom. The summed E-state index contributed by atoms with van der Waals surface area (Å²) in [6.07, 6.45) is 5.36. The molecule has 0 unspecified atom stereocenters. The standard InChI is InChI=1S/C20H29N3O2/c1-22-15-17(13-19(22)24)20(25)21-14-18(16-9-5-4-6-10-16)23-11-7-2-3-8-12-23/h4-6,9-10,17-18H,2-3,7-8,11-15H2,1H3,(H,21,25)/t17-,18-/m1/s1. The van der Waals surface area contributed by atoms with Gasteiger partial charge in [-0.3, -0.25) is 14.5 Å². The third kappa shape index (κ3) is 4.60. The summed E-state index contributed by atoms with van der Waals surface area (Å²) in [5.74, 6) is -0.140. The van der Waals surface area contributed by atoms with E-state index in [1.54, 1.807) is 11.9 Å². The predicted molar refractivity (Wildman–Crippen MR) is 98.0 cm³/mol. The van der Waals surface area contributed by atoms with E-state index in [4.69, 9.17) is 0 Å². The largest absolute Gasteiger partial charge is 0.354 e. The number of likely N-dealkylation sites (tertiary alicyclic amines) is 2. The molecule has 1 aromatic rings. The summed E-state index contributed by atoms with van der Waals surface area (Å²) >= 11 is 0. The van der Waals surface area contributed by atoms with Gasteiger partial charge < -0.3 is 10.2 Å². The average Bonchev–Trinajstić information content (AvgIpc) is 2.82. The van der Waals surface area contributed by atoms with Crippen molar-refractivity contribution in [1.29, 1.82) is 0 Å². The lowest BCUT2D eigenvalue weighted by Crippen LogP contribution is -2.41. The van der Waals surface area contributed by atoms with Crippen LogP contribution in [0.3, 0.4) is 0 Å². The third-order valence-electron chi connectivity index (χ3n) is 5.45. The summed E-state index contributed by atoms with van der Waals surface area (Å²) in [6, 6.07) is 10.7. The van der Waals surface area contributed by atoms with Crippen molar-refractivity contribution in [2.24, 2.45) is 5.92 Å². The lowest BCUT2D eigenvalue weighted by molar-refractivity contribution is -0.128. The fourth-order valence-electron chi connectivity index (χ4n) is 3.92. The Bertz CT molecular complexity index is 582. The number of hydrogen-bond donors (Lipinski definition) is 1. The summed E-state index contributed by atoms with van der Waals surface area (Å²) in [7, 11) is 1.76. The van der Waals surface area contributed by atoms with E-state index in [0.29, 0.717) is 19.5 Å². The molecule has 0 aliphatic carbocycles. The van der Waals surface area contributed by atoms with E-state index in [1.807, 2.05) is 6.07 Å². The van der Waals surface area contributed by atoms with Gasteiger partial charge in [0.05, 0.1) is 12.0 Å². The number of nitrogens with one attached hydrogen (secondary N) is 1. The maximum atomic E-state index is 12.5. The molecule has 2 saturated heterocycles. The Kier molecular flexibility index (Phi) is 6.08. The molecule has 1 N–H and O–H groups in total. The quantitative estimate of drug-likeness (QED) is 0.892. The van der Waals surface area contributed by atoms with Gasteiger partial charge in [-0.15, -0.1) is 0 Å². The van der Waals surface area contributed by atoms with Crippen molar-refractivity contribution >= 4 is 11.8 Å². The second kappa shape index (κ2) is 8.48. The van der Waals surface area contributed by atoms with Crippen molar-refractivity contribution < 1.29 is 9.59 Å². The minimum absolute atomic E-state index is 0.00783. The first-order valence-corrected chi connectivity index (χ1v) is 9.46. The third-order valence-corrected chi connectivity index (χ3v) is 5.45. The summed E-state index contributed by atoms with van der Waals surface area (Å²) in [5, 5.41) is 3.12. The molecule has 0 bridgehead atoms. The van der Waals surface area contributed by atoms with Crippen LogP contribution in [0.25, 0.3) is 0 Å². The number of amides is 2. The highest BCUT2D eigenvalue weighted by atomic mass is 16.2. The molecule has 25 heavy (non-hydrogen) atoms. The maximum absolute atomic E-state index is 12.5. The highest BCUT2D eigenvalue weighted by Crippen LogP contribution is 2.24. The fourth-order valence-corrected chi connectivity index (χ4v) is 3.92. The predicted octanol–water partition coefficient (Wildman–Crippen LogP) is 2.20. The number of benzene rings is 1. The zero-order valence-corrected chi connectivity index (χ0v) is 15.1. The highest BCUT2D eigenvalue weighted by molar-refractivity contribution is 5.89. The average molecular weight is 343 g/mol. The topological polar surface area (TPSA) is 52.7 Å². The normalized spacial score (nSPS) is 23.3. The molecule has 3 rings (SSSR count). The lowest BCUT2D eigenvalue weighted by Gasteiger charge is -2.31. The molecule has 0 spiro atoms. The molecule has 136 valence electrons. The molecule has 1 aromatic carbocycles. The van der Waals surface area contributed by atoms with Gasteiger partial charge in [-0.25, -0.2) is 0 Å². The van der Waals surface area contributed by atoms with Gasteiger partial charge >= 0.3 is 0 Å². The van der Waals surface area contributed by atoms with Crippen LogP contribution in [0.5, 0.6) is 0 Å². The number of carbonyl (C=O) groups is 2. The van der Waals surface area contributed by atoms with Gasteiger partial charge in [0, 0.05) is 26.6 Å². The first-order chi connectivity index (χ1) is 12.1. The lowest BCUT2D eigenvalue weighted by atomic mass is 10.0. The minimum atomic E-state index is -0.210. The molecular weight excluding hydrogens is 314 g/mol. The van der Waals surface area contributed by atoms with Crippen molar-refractivity contribution in [2.45, 2.75) is 38.1 Å². The van der Waals surface area contributed by atoms with Gasteiger partial charge in [0.1, 0.15) is 0 Å². The van der Waals surface area contributed by atoms with Crippen molar-refractivity contribution in [3.05, 3.63) is 35.9 Å². The maximum Gasteiger partial charge on any atom is 0.225 e. The molecule has 5 heteroatoms. The monoisotopic (exact) mass is 343 g/mol. The highest BCUT2D eigenvalue weighted by Gasteiger charge is 2.32. The summed E-state index contributed by atoms with van der Waals surface area (Å²) in [4.78, 5) is 28.3. The fraction of sp³-hybridized carbons (Fsp3) is 0.600. The van der Waals surface area contributed by atoms with Crippen molar-refractivity contribution in [1.82, 2.24) is 15.1 Å². The molecule has 2 fully saturated rings. The van der Waals surface area contributed by atoms with E-state index < -0.39 is 0 Å². The summed E-state index contributed by atoms with van der Waals surface area (Å²) in [5.41, 5.74) is 1.25. The van der Waals surface area contributed by atoms with Crippen molar-refractivity contribution in [3.63, 3.8) is 0 Å². The molecule has 2 aliphatic rings. The van der Waals surface area contributed by atoms with Gasteiger partial charge in [0.25, 0.3) is 0 Å². The zero-order chi connectivity index (χ0) is 17.6. The molecule has 2 aliphatic heterocycles. The molecule has 2 heterocycles. The second-order valence-electron chi connectivity index (χ2n) is 7.30. The van der Waals surface area contributed by atoms with Crippen LogP contribution in [0.2, 0.25) is 0 Å². The molecule has 5 nitrogen and oxygen atoms in total. The number of rotatable bonds is 5. The molecule has 2 amide bonds. The minimum Gasteiger partial charge on any atom is -0.354 e. The van der Waals surface area contributed by atoms with Crippen molar-refractivity contribution in [3.8, 4) is 0 Å². The van der Waals surface area contributed by atoms with Crippen LogP contribution in [0.1, 0.15) is 43.7 Å². The molecule has 0 radical (unpaired) electrons. The number of hydrogen-bond acceptors (Lipinski definition) is 3. The smallest absolute Gasteiger partial charge is 0.225 e. The van der Waals surface area contributed by atoms with Crippen molar-refractivity contribution in [2.75, 3.05) is 33.2 Å². The summed E-state index contributed by atoms with van der Waals surface area (Å²) in [6.45, 7) is 3.31. The van der Waals surface area contributed by atoms with Crippen LogP contribution in [0, 0.1) is 5.92 Å². The molecule has 2 atom stereocenters. The Morgan fingerprint density at radius 2 is 1.84 bits per heavy atom. The van der Waals surface area contributed by atoms with Crippen LogP contribution in [0.15, 0.2) is 30.3 Å². The SMILES string of the molecule is CN1C[C@H](C(=O)NC[C@H](c2ccccc2)N2CCCCCC2)CC1=O. The first kappa shape index (κ1) is 17.9. The number of carbonyl (C=O) groups excluding carboxylic acids is 2. The first-order valence-electron chi connectivity index (χ1n) is 9.46. The van der Waals surface area contributed by atoms with Crippen LogP contribution in [-0.2, 0) is 9.59 Å². The van der Waals surface area contributed by atoms with Gasteiger partial charge in [-0.2, -0.15) is 0 Å². The van der Waals surface area contributed by atoms with Gasteiger partial charge in [0.2, 0.25) is 11.8 Å². The van der Waals surface area contributed by atoms with Crippen LogP contribution < -0.4 is 5.32 Å². The Morgan fingerprint density at radius 3 is 2.44 bits per heavy atom. The molecule has 0 saturated carbocycles. The number of nitrogens with zero attached hydrogens (tertiary/aromatic N) is 2. The van der Waals surface area contributed by atoms with Crippen LogP contribution >= 0.6 is 0 Å².